The third-order valence-electron chi connectivity index (χ3n) is 16.8. The first kappa shape index (κ1) is 88.8. The van der Waals surface area contributed by atoms with Crippen molar-refractivity contribution in [3.63, 3.8) is 0 Å². The predicted molar refractivity (Wildman–Crippen MR) is 452 cm³/mol. The Morgan fingerprint density at radius 3 is 1.21 bits per heavy atom. The Balaban J connectivity index is 0.000000238. The number of amides is 7. The molecular weight excluding hydrogens is 1660 g/mol. The van der Waals surface area contributed by atoms with E-state index in [0.29, 0.717) is 86.3 Å². The van der Waals surface area contributed by atoms with E-state index in [2.05, 4.69) is 109 Å². The number of fused-ring (bicyclic) bond motifs is 3. The highest BCUT2D eigenvalue weighted by Crippen LogP contribution is 2.31. The first-order chi connectivity index (χ1) is 58.9. The first-order valence-electron chi connectivity index (χ1n) is 36.9. The Bertz CT molecular complexity index is 5530. The second kappa shape index (κ2) is 43.6. The minimum Gasteiger partial charge on any atom is -0.481 e. The number of imide groups is 2. The number of carbonyl (C=O) groups is 12. The van der Waals surface area contributed by atoms with Gasteiger partial charge >= 0.3 is 29.8 Å². The number of thiol groups is 1. The molecule has 0 aliphatic carbocycles. The molecule has 48 heteroatoms. The lowest BCUT2D eigenvalue weighted by Gasteiger charge is -2.16. The number of likely N-dealkylation sites (tertiary alicyclic amines) is 1. The third kappa shape index (κ3) is 27.0. The van der Waals surface area contributed by atoms with Crippen molar-refractivity contribution >= 4 is 203 Å². The molecule has 7 amide bonds. The lowest BCUT2D eigenvalue weighted by atomic mass is 10.1. The third-order valence-corrected chi connectivity index (χ3v) is 20.6. The number of hydrogen-bond donors (Lipinski definition) is 18. The minimum atomic E-state index is -1.25. The Labute approximate surface area is 706 Å². The number of nitrogens with two attached hydrogens (primary N) is 6. The number of benzene rings is 3. The van der Waals surface area contributed by atoms with Gasteiger partial charge in [0.25, 0.3) is 29.5 Å². The molecule has 634 valence electrons. The number of aromatic nitrogens is 13. The number of rotatable bonds is 35. The molecule has 0 bridgehead atoms. The molecule has 2 aliphatic heterocycles. The number of carboxylic acids is 5. The SMILES string of the molecule is Nc1nc(N)c2nc(CNc3ccc(C(=O)NC(CCS)C(=O)O)cc3)cnc2n1.Nc1nc(N)c2nc(CNc3ccc(C(=O)NC(CCSC4CC(=O)N(CCC(=O)O)C4=O)C(=O)O)cc3)cnc2n1.Nc1nc(N)c2nc(CNc3ccc(C(=O)NC(CCSSc4ccccn4)C(=O)O)cc3)cnc2n1.O=C(O)CCN1C(=O)C=CC1=O.[2H][2H].[3HH]. The quantitative estimate of drug-likeness (QED) is 0.0117. The molecule has 0 radical (unpaired) electrons. The van der Waals surface area contributed by atoms with Crippen LogP contribution in [0, 0.1) is 0 Å². The summed E-state index contributed by atoms with van der Waals surface area (Å²) in [5.74, 6) is -7.40. The standard InChI is InChI=1S/C25H27N9O7S.C23H23N9O3S2.C18H20N8O3S.C7H7NO4.2H2/c26-20-19-21(33-25(27)32-20)29-11-14(30-19)10-28-13-3-1-12(2-4-13)22(38)31-15(24(40)41)6-8-42-16-9-17(35)34(23(16)39)7-5-18(36)37;24-19-18-20(32-23(25)31-19)28-12-15(29-18)11-27-14-6-4-13(5-7-14)21(33)30-16(22(34)35)8-10-36-37-17-3-1-2-9-26-17;19-14-13-15(26-18(20)25-14)22-8-11(23-13)7-21-10-3-1-9(2-4-10)16(27)24-12(5-6-30)17(28)29;9-5-1-2-6(10)8(5)4-3-7(11)12;;/h1-4,11,15-16,28H,5-10H2,(H,31,38)(H,36,37)(H,40,41)(H4,26,27,29,32,33);1-7,9,12,16,27H,8,10-11H2,(H,30,33)(H,34,35)(H4,24,25,28,31,32);1-4,8,12,21,30H,5-7H2,(H,24,27)(H,28,29)(H4,19,20,22,25,26);1-2H,3-4H2,(H,11,12);2*1H/i;;;;1+2;1+1D. The summed E-state index contributed by atoms with van der Waals surface area (Å²) in [4.78, 5) is 194. The average Bonchev–Trinajstić information content (AvgIpc) is 1.24. The van der Waals surface area contributed by atoms with Crippen LogP contribution in [0.4, 0.5) is 52.4 Å². The van der Waals surface area contributed by atoms with Crippen LogP contribution in [0.5, 0.6) is 0 Å². The normalized spacial score (nSPS) is 13.5. The number of hydrogen-bond acceptors (Lipinski definition) is 38. The van der Waals surface area contributed by atoms with Gasteiger partial charge in [0.2, 0.25) is 29.7 Å². The number of nitrogens with zero attached hydrogens (tertiary/aromatic N) is 15. The maximum Gasteiger partial charge on any atom is 0.326 e. The van der Waals surface area contributed by atoms with E-state index in [1.54, 1.807) is 79.3 Å². The molecule has 1 saturated heterocycles. The smallest absolute Gasteiger partial charge is 0.326 e. The van der Waals surface area contributed by atoms with E-state index in [4.69, 9.17) is 52.7 Å². The van der Waals surface area contributed by atoms with Gasteiger partial charge in [-0.15, -0.1) is 11.8 Å². The number of anilines is 9. The summed E-state index contributed by atoms with van der Waals surface area (Å²) in [6.07, 6.45) is 8.46. The van der Waals surface area contributed by atoms with E-state index in [-0.39, 0.29) is 112 Å². The number of nitrogen functional groups attached to an aromatic ring is 6. The Morgan fingerprint density at radius 1 is 0.488 bits per heavy atom. The minimum absolute atomic E-state index is 0. The van der Waals surface area contributed by atoms with Crippen molar-refractivity contribution in [2.75, 3.05) is 80.7 Å². The summed E-state index contributed by atoms with van der Waals surface area (Å²) in [5.41, 5.74) is 41.0. The molecule has 121 heavy (non-hydrogen) atoms. The lowest BCUT2D eigenvalue weighted by molar-refractivity contribution is -0.143. The second-order valence-electron chi connectivity index (χ2n) is 25.4. The monoisotopic (exact) mass is 1740 g/mol. The fraction of sp³-hybridized carbons (Fsp3) is 0.247. The van der Waals surface area contributed by atoms with Crippen LogP contribution in [0.15, 0.2) is 133 Å². The maximum atomic E-state index is 12.7. The summed E-state index contributed by atoms with van der Waals surface area (Å²) >= 11 is 5.11. The van der Waals surface area contributed by atoms with Crippen LogP contribution in [-0.2, 0) is 62.8 Å². The molecule has 1 fully saturated rings. The summed E-state index contributed by atoms with van der Waals surface area (Å²) in [5, 5.41) is 62.4. The largest absolute Gasteiger partial charge is 0.481 e. The highest BCUT2D eigenvalue weighted by Gasteiger charge is 2.39. The van der Waals surface area contributed by atoms with Crippen LogP contribution in [-0.4, -0.2) is 225 Å². The van der Waals surface area contributed by atoms with E-state index in [1.165, 1.54) is 39.9 Å². The van der Waals surface area contributed by atoms with Crippen molar-refractivity contribution in [1.82, 2.24) is 90.5 Å². The van der Waals surface area contributed by atoms with Crippen molar-refractivity contribution < 1.29 is 87.5 Å². The summed E-state index contributed by atoms with van der Waals surface area (Å²) in [7, 11) is 2.95. The van der Waals surface area contributed by atoms with Gasteiger partial charge in [-0.3, -0.25) is 53.0 Å². The first-order valence-corrected chi connectivity index (χ1v) is 39.9. The molecule has 7 aromatic heterocycles. The molecule has 23 N–H and O–H groups in total. The van der Waals surface area contributed by atoms with E-state index in [1.807, 2.05) is 18.2 Å². The molecule has 0 saturated carbocycles. The number of carbonyl (C=O) groups excluding carboxylic acids is 7. The summed E-state index contributed by atoms with van der Waals surface area (Å²) < 4.78 is 10.0. The fourth-order valence-corrected chi connectivity index (χ4v) is 14.1. The Hall–Kier alpha value is -14.6. The van der Waals surface area contributed by atoms with Crippen LogP contribution >= 0.6 is 46.0 Å². The predicted octanol–water partition coefficient (Wildman–Crippen LogP) is 3.29. The van der Waals surface area contributed by atoms with Crippen LogP contribution in [0.25, 0.3) is 33.5 Å². The summed E-state index contributed by atoms with van der Waals surface area (Å²) in [6, 6.07) is 22.0. The van der Waals surface area contributed by atoms with Crippen LogP contribution in [0.2, 0.25) is 0 Å². The van der Waals surface area contributed by atoms with Crippen molar-refractivity contribution in [2.24, 2.45) is 0 Å². The van der Waals surface area contributed by atoms with Gasteiger partial charge < -0.3 is 91.8 Å². The molecule has 9 heterocycles. The zero-order valence-electron chi connectivity index (χ0n) is 65.3. The van der Waals surface area contributed by atoms with Gasteiger partial charge in [0.15, 0.2) is 50.9 Å². The van der Waals surface area contributed by atoms with Crippen molar-refractivity contribution in [3.8, 4) is 0 Å². The second-order valence-corrected chi connectivity index (χ2v) is 29.6. The molecule has 4 atom stereocenters. The van der Waals surface area contributed by atoms with Gasteiger partial charge in [-0.1, -0.05) is 16.9 Å². The van der Waals surface area contributed by atoms with Gasteiger partial charge in [-0.05, 0) is 126 Å². The summed E-state index contributed by atoms with van der Waals surface area (Å²) in [6.45, 7) is 0.711. The van der Waals surface area contributed by atoms with Crippen LogP contribution in [0.1, 0.15) is 91.1 Å². The molecular formula is C73H81N27O17S4. The number of pyridine rings is 1. The Kier molecular flexibility index (Phi) is 32.0. The van der Waals surface area contributed by atoms with Gasteiger partial charge in [-0.25, -0.2) is 49.3 Å². The number of nitrogens with one attached hydrogen (secondary N) is 6. The number of thioether (sulfide) groups is 1. The average molecular weight is 1740 g/mol. The van der Waals surface area contributed by atoms with Crippen molar-refractivity contribution in [2.45, 2.75) is 86.6 Å². The fourth-order valence-electron chi connectivity index (χ4n) is 10.7. The van der Waals surface area contributed by atoms with Gasteiger partial charge in [0.05, 0.1) is 73.4 Å². The van der Waals surface area contributed by atoms with Crippen LogP contribution in [0.3, 0.4) is 0 Å². The van der Waals surface area contributed by atoms with Crippen molar-refractivity contribution in [3.05, 3.63) is 162 Å². The highest BCUT2D eigenvalue weighted by atomic mass is 33.1. The van der Waals surface area contributed by atoms with E-state index < -0.39 is 94.6 Å². The van der Waals surface area contributed by atoms with E-state index in [0.717, 1.165) is 50.1 Å². The maximum absolute atomic E-state index is 12.7. The lowest BCUT2D eigenvalue weighted by Crippen LogP contribution is -2.41. The molecule has 2 aliphatic rings. The molecule has 4 unspecified atom stereocenters. The molecule has 44 nitrogen and oxygen atoms in total. The van der Waals surface area contributed by atoms with Crippen molar-refractivity contribution in [1.29, 1.82) is 0 Å². The molecule has 12 rings (SSSR count). The van der Waals surface area contributed by atoms with Gasteiger partial charge in [0.1, 0.15) is 23.2 Å². The van der Waals surface area contributed by atoms with E-state index >= 15 is 0 Å². The molecule has 3 aromatic carbocycles. The topological polar surface area (TPSA) is 708 Å². The Morgan fingerprint density at radius 2 is 0.860 bits per heavy atom. The zero-order chi connectivity index (χ0) is 89.4. The number of carboxylic acid groups (broad SMARTS) is 5. The zero-order valence-corrected chi connectivity index (χ0v) is 66.7. The van der Waals surface area contributed by atoms with E-state index in [9.17, 15) is 67.7 Å². The molecule has 0 spiro atoms. The number of aliphatic carboxylic acids is 5. The van der Waals surface area contributed by atoms with Gasteiger partial charge in [0, 0.05) is 81.8 Å². The highest BCUT2D eigenvalue weighted by molar-refractivity contribution is 8.76. The van der Waals surface area contributed by atoms with Gasteiger partial charge in [-0.2, -0.15) is 42.5 Å². The molecule has 10 aromatic rings. The van der Waals surface area contributed by atoms with Crippen LogP contribution < -0.4 is 66.3 Å².